The molecule has 2 heterocycles. The normalized spacial score (nSPS) is 20.4. The Bertz CT molecular complexity index is 199. The van der Waals surface area contributed by atoms with Gasteiger partial charge in [0.25, 0.3) is 0 Å². The summed E-state index contributed by atoms with van der Waals surface area (Å²) in [5.41, 5.74) is 0. The van der Waals surface area contributed by atoms with E-state index in [1.165, 1.54) is 17.7 Å². The Hall–Kier alpha value is -0.340. The number of ether oxygens (including phenoxy) is 1. The maximum Gasteiger partial charge on any atom is 0.0472 e. The molecule has 1 nitrogen and oxygen atoms in total. The predicted molar refractivity (Wildman–Crippen MR) is 45.9 cm³/mol. The number of hydrogen-bond acceptors (Lipinski definition) is 2. The molecule has 0 saturated carbocycles. The van der Waals surface area contributed by atoms with Crippen LogP contribution in [0.5, 0.6) is 0 Å². The molecule has 1 fully saturated rings. The van der Waals surface area contributed by atoms with E-state index < -0.39 is 0 Å². The van der Waals surface area contributed by atoms with Crippen LogP contribution >= 0.6 is 11.3 Å². The summed E-state index contributed by atoms with van der Waals surface area (Å²) in [5.74, 6) is 0.726. The lowest BCUT2D eigenvalue weighted by Crippen LogP contribution is -2.12. The third kappa shape index (κ3) is 1.63. The van der Waals surface area contributed by atoms with Gasteiger partial charge in [0.2, 0.25) is 0 Å². The van der Waals surface area contributed by atoms with E-state index in [1.807, 2.05) is 17.4 Å². The zero-order valence-electron chi connectivity index (χ0n) is 6.38. The molecule has 2 heteroatoms. The average Bonchev–Trinajstić information content (AvgIpc) is 2.58. The molecule has 0 aromatic carbocycles. The second-order valence-corrected chi connectivity index (χ2v) is 3.76. The lowest BCUT2D eigenvalue weighted by Gasteiger charge is -2.20. The van der Waals surface area contributed by atoms with E-state index in [0.717, 1.165) is 19.1 Å². The third-order valence-electron chi connectivity index (χ3n) is 2.08. The highest BCUT2D eigenvalue weighted by Crippen LogP contribution is 2.29. The smallest absolute Gasteiger partial charge is 0.0472 e. The number of thiophene rings is 1. The molecule has 59 valence electrons. The Kier molecular flexibility index (Phi) is 2.24. The maximum absolute atomic E-state index is 5.29. The number of rotatable bonds is 1. The Balaban J connectivity index is 2.04. The minimum atomic E-state index is 0.726. The molecule has 1 radical (unpaired) electrons. The Morgan fingerprint density at radius 1 is 1.45 bits per heavy atom. The first kappa shape index (κ1) is 7.32. The maximum atomic E-state index is 5.29. The molecule has 1 aromatic rings. The Morgan fingerprint density at radius 2 is 2.27 bits per heavy atom. The van der Waals surface area contributed by atoms with Crippen LogP contribution in [0.2, 0.25) is 0 Å². The summed E-state index contributed by atoms with van der Waals surface area (Å²) < 4.78 is 5.29. The number of hydrogen-bond donors (Lipinski definition) is 0. The van der Waals surface area contributed by atoms with Gasteiger partial charge < -0.3 is 4.74 Å². The molecular weight excluding hydrogens is 156 g/mol. The molecule has 1 aromatic heterocycles. The van der Waals surface area contributed by atoms with Gasteiger partial charge in [0.15, 0.2) is 0 Å². The molecule has 1 aliphatic heterocycles. The highest BCUT2D eigenvalue weighted by Gasteiger charge is 2.16. The molecule has 1 saturated heterocycles. The molecule has 0 aliphatic carbocycles. The molecule has 0 spiro atoms. The van der Waals surface area contributed by atoms with E-state index in [-0.39, 0.29) is 0 Å². The predicted octanol–water partition coefficient (Wildman–Crippen LogP) is 2.44. The molecule has 0 unspecified atom stereocenters. The van der Waals surface area contributed by atoms with Crippen molar-refractivity contribution in [2.45, 2.75) is 18.8 Å². The summed E-state index contributed by atoms with van der Waals surface area (Å²) in [6.07, 6.45) is 2.36. The summed E-state index contributed by atoms with van der Waals surface area (Å²) in [6.45, 7) is 1.85. The topological polar surface area (TPSA) is 9.23 Å². The summed E-state index contributed by atoms with van der Waals surface area (Å²) >= 11 is 1.82. The molecular formula is C9H11OS. The first-order valence-corrected chi connectivity index (χ1v) is 4.87. The van der Waals surface area contributed by atoms with Gasteiger partial charge in [0.1, 0.15) is 0 Å². The fraction of sp³-hybridized carbons (Fsp3) is 0.556. The van der Waals surface area contributed by atoms with E-state index in [0.29, 0.717) is 0 Å². The molecule has 1 aliphatic rings. The summed E-state index contributed by atoms with van der Waals surface area (Å²) in [6, 6.07) is 5.28. The summed E-state index contributed by atoms with van der Waals surface area (Å²) in [4.78, 5) is 1.41. The minimum absolute atomic E-state index is 0.726. The van der Waals surface area contributed by atoms with Crippen molar-refractivity contribution >= 4 is 11.3 Å². The van der Waals surface area contributed by atoms with Gasteiger partial charge in [-0.3, -0.25) is 0 Å². The molecule has 2 rings (SSSR count). The average molecular weight is 167 g/mol. The van der Waals surface area contributed by atoms with Crippen LogP contribution in [0.1, 0.15) is 23.6 Å². The van der Waals surface area contributed by atoms with Crippen molar-refractivity contribution in [2.75, 3.05) is 13.2 Å². The molecule has 11 heavy (non-hydrogen) atoms. The molecule has 0 bridgehead atoms. The largest absolute Gasteiger partial charge is 0.381 e. The van der Waals surface area contributed by atoms with Gasteiger partial charge in [-0.1, -0.05) is 0 Å². The fourth-order valence-electron chi connectivity index (χ4n) is 1.43. The highest BCUT2D eigenvalue weighted by molar-refractivity contribution is 7.09. The highest BCUT2D eigenvalue weighted by atomic mass is 32.1. The van der Waals surface area contributed by atoms with E-state index >= 15 is 0 Å². The van der Waals surface area contributed by atoms with Crippen LogP contribution in [0.4, 0.5) is 0 Å². The van der Waals surface area contributed by atoms with Crippen LogP contribution in [0.15, 0.2) is 11.4 Å². The van der Waals surface area contributed by atoms with E-state index in [9.17, 15) is 0 Å². The van der Waals surface area contributed by atoms with E-state index in [2.05, 4.69) is 11.4 Å². The van der Waals surface area contributed by atoms with Crippen molar-refractivity contribution in [3.63, 3.8) is 0 Å². The van der Waals surface area contributed by atoms with Crippen molar-refractivity contribution in [2.24, 2.45) is 0 Å². The van der Waals surface area contributed by atoms with Crippen molar-refractivity contribution < 1.29 is 4.74 Å². The van der Waals surface area contributed by atoms with Crippen molar-refractivity contribution in [3.05, 3.63) is 22.4 Å². The van der Waals surface area contributed by atoms with Crippen molar-refractivity contribution in [1.29, 1.82) is 0 Å². The van der Waals surface area contributed by atoms with Gasteiger partial charge in [-0.15, -0.1) is 11.3 Å². The third-order valence-corrected chi connectivity index (χ3v) is 3.06. The van der Waals surface area contributed by atoms with Gasteiger partial charge in [0, 0.05) is 18.1 Å². The minimum Gasteiger partial charge on any atom is -0.381 e. The first-order chi connectivity index (χ1) is 5.47. The lowest BCUT2D eigenvalue weighted by molar-refractivity contribution is 0.0860. The molecule has 0 amide bonds. The van der Waals surface area contributed by atoms with Crippen LogP contribution < -0.4 is 0 Å². The van der Waals surface area contributed by atoms with Crippen LogP contribution in [0.3, 0.4) is 0 Å². The lowest BCUT2D eigenvalue weighted by atomic mass is 9.99. The SMILES string of the molecule is [c]1ccsc1C1CCOCC1. The van der Waals surface area contributed by atoms with Crippen molar-refractivity contribution in [3.8, 4) is 0 Å². The van der Waals surface area contributed by atoms with Crippen molar-refractivity contribution in [1.82, 2.24) is 0 Å². The fourth-order valence-corrected chi connectivity index (χ4v) is 2.28. The first-order valence-electron chi connectivity index (χ1n) is 3.99. The van der Waals surface area contributed by atoms with E-state index in [4.69, 9.17) is 4.74 Å². The molecule has 0 atom stereocenters. The van der Waals surface area contributed by atoms with Gasteiger partial charge in [0.05, 0.1) is 0 Å². The van der Waals surface area contributed by atoms with Crippen LogP contribution in [0.25, 0.3) is 0 Å². The Morgan fingerprint density at radius 3 is 2.91 bits per heavy atom. The van der Waals surface area contributed by atoms with Crippen LogP contribution in [-0.2, 0) is 4.74 Å². The van der Waals surface area contributed by atoms with Gasteiger partial charge in [-0.25, -0.2) is 0 Å². The zero-order chi connectivity index (χ0) is 7.52. The standard InChI is InChI=1S/C9H11OS/c1-2-9(11-7-1)8-3-5-10-6-4-8/h1,7-8H,3-6H2. The summed E-state index contributed by atoms with van der Waals surface area (Å²) in [7, 11) is 0. The quantitative estimate of drug-likeness (QED) is 0.624. The second kappa shape index (κ2) is 3.37. The molecule has 0 N–H and O–H groups in total. The van der Waals surface area contributed by atoms with E-state index in [1.54, 1.807) is 0 Å². The zero-order valence-corrected chi connectivity index (χ0v) is 7.19. The monoisotopic (exact) mass is 167 g/mol. The summed E-state index contributed by atoms with van der Waals surface area (Å²) in [5, 5.41) is 2.10. The second-order valence-electron chi connectivity index (χ2n) is 2.82. The van der Waals surface area contributed by atoms with Gasteiger partial charge in [-0.2, -0.15) is 0 Å². The van der Waals surface area contributed by atoms with Gasteiger partial charge >= 0.3 is 0 Å². The van der Waals surface area contributed by atoms with Crippen LogP contribution in [-0.4, -0.2) is 13.2 Å². The Labute approximate surface area is 71.0 Å². The van der Waals surface area contributed by atoms with Crippen LogP contribution in [0, 0.1) is 6.07 Å². The van der Waals surface area contributed by atoms with Gasteiger partial charge in [-0.05, 0) is 36.3 Å².